The minimum Gasteiger partial charge on any atom is -0.494 e. The van der Waals surface area contributed by atoms with Crippen LogP contribution in [-0.4, -0.2) is 90.0 Å². The van der Waals surface area contributed by atoms with Gasteiger partial charge in [-0.1, -0.05) is 26.0 Å². The average Bonchev–Trinajstić information content (AvgIpc) is 4.17. The predicted octanol–water partition coefficient (Wildman–Crippen LogP) is 9.97. The van der Waals surface area contributed by atoms with Crippen molar-refractivity contribution in [3.63, 3.8) is 0 Å². The maximum absolute atomic E-state index is 14.3. The number of anilines is 2. The van der Waals surface area contributed by atoms with Gasteiger partial charge in [-0.2, -0.15) is 23.5 Å². The van der Waals surface area contributed by atoms with Gasteiger partial charge in [0, 0.05) is 36.5 Å². The van der Waals surface area contributed by atoms with Crippen LogP contribution >= 0.6 is 23.6 Å². The third-order valence-corrected chi connectivity index (χ3v) is 14.4. The molecule has 0 unspecified atom stereocenters. The zero-order valence-corrected chi connectivity index (χ0v) is 43.7. The van der Waals surface area contributed by atoms with Gasteiger partial charge in [0.15, 0.2) is 10.9 Å². The number of nitrogens with one attached hydrogen (secondary N) is 1. The molecule has 3 amide bonds. The number of nitrogens with zero attached hydrogens (tertiary/aromatic N) is 8. The van der Waals surface area contributed by atoms with Crippen molar-refractivity contribution in [2.24, 2.45) is 5.92 Å². The fourth-order valence-electron chi connectivity index (χ4n) is 9.14. The van der Waals surface area contributed by atoms with Crippen LogP contribution in [0.15, 0.2) is 103 Å². The summed E-state index contributed by atoms with van der Waals surface area (Å²) in [5.41, 5.74) is 1.84. The van der Waals surface area contributed by atoms with E-state index in [2.05, 4.69) is 20.4 Å². The number of thiazole rings is 1. The van der Waals surface area contributed by atoms with Gasteiger partial charge < -0.3 is 34.4 Å². The monoisotopic (exact) mass is 1060 g/mol. The van der Waals surface area contributed by atoms with Crippen molar-refractivity contribution in [3.05, 3.63) is 125 Å². The van der Waals surface area contributed by atoms with Gasteiger partial charge in [-0.25, -0.2) is 4.98 Å². The molecule has 0 bridgehead atoms. The molecule has 0 radical (unpaired) electrons. The number of carbonyl (C=O) groups excluding carboxylic acids is 3. The Morgan fingerprint density at radius 1 is 0.933 bits per heavy atom. The molecule has 392 valence electrons. The summed E-state index contributed by atoms with van der Waals surface area (Å²) in [4.78, 5) is 55.6. The molecule has 4 atom stereocenters. The molecule has 0 aliphatic carbocycles. The van der Waals surface area contributed by atoms with Crippen LogP contribution in [0.5, 0.6) is 23.0 Å². The molecule has 8 rings (SSSR count). The highest BCUT2D eigenvalue weighted by atomic mass is 32.1. The van der Waals surface area contributed by atoms with Crippen molar-refractivity contribution in [1.82, 2.24) is 30.0 Å². The summed E-state index contributed by atoms with van der Waals surface area (Å²) >= 11 is 7.18. The third-order valence-electron chi connectivity index (χ3n) is 13.0. The Bertz CT molecular complexity index is 3080. The first-order valence-corrected chi connectivity index (χ1v) is 25.7. The number of aryl methyl sites for hydroxylation is 1. The number of hydrogen-bond donors (Lipinski definition) is 2. The first kappa shape index (κ1) is 53.9. The van der Waals surface area contributed by atoms with E-state index in [0.717, 1.165) is 52.4 Å². The normalized spacial score (nSPS) is 17.3. The Kier molecular flexibility index (Phi) is 16.2. The van der Waals surface area contributed by atoms with Crippen LogP contribution in [0.2, 0.25) is 0 Å². The molecule has 21 heteroatoms. The number of hydrogen-bond acceptors (Lipinski definition) is 13. The SMILES string of the molecule is Cc1ncsc1-c1ccc([C@H](C)NC(=O)[C@@H]2C[C@@H](O)CN2C(=O)[C@H](C(C)C)n2cc(Oc3cccc(OCCCCCOc4ccc(N5C(=S)N(c6ccc(C#N)c(C(F)(F)F)c6)C(=O)C5(C)C)cc4)c3)cn2)nc1. The summed E-state index contributed by atoms with van der Waals surface area (Å²) in [6.07, 6.45) is 1.64. The molecule has 3 aromatic heterocycles. The quantitative estimate of drug-likeness (QED) is 0.0577. The second kappa shape index (κ2) is 22.6. The van der Waals surface area contributed by atoms with Gasteiger partial charge in [0.25, 0.3) is 5.91 Å². The standard InChI is InChI=1S/C54H56F3N9O7S2/c1-32(2)47(50(69)63-29-39(67)24-46(63)49(68)62-33(3)45-20-14-36(27-59-45)48-34(4)60-31-75-48)64-30-43(28-61-64)73-42-12-10-11-41(25-42)72-22-9-7-8-21-71-40-18-16-37(17-19-40)66-52(74)65(51(70)53(66,5)6)38-15-13-35(26-58)44(23-38)54(55,56)57/h10-20,23,25,27-28,30-33,39,46-47,67H,7-9,21-22,24,29H2,1-6H3,(H,62,68)/t33-,39+,46-,47-/m0/s1. The van der Waals surface area contributed by atoms with Gasteiger partial charge in [-0.05, 0) is 126 Å². The molecule has 0 spiro atoms. The van der Waals surface area contributed by atoms with E-state index < -0.39 is 53.0 Å². The number of pyridine rings is 1. The van der Waals surface area contributed by atoms with Gasteiger partial charge in [0.1, 0.15) is 34.9 Å². The van der Waals surface area contributed by atoms with E-state index in [4.69, 9.17) is 26.4 Å². The fourth-order valence-corrected chi connectivity index (χ4v) is 10.5. The number of benzene rings is 3. The van der Waals surface area contributed by atoms with Crippen molar-refractivity contribution in [2.75, 3.05) is 29.6 Å². The number of aliphatic hydroxyl groups is 1. The van der Waals surface area contributed by atoms with Crippen LogP contribution < -0.4 is 29.3 Å². The van der Waals surface area contributed by atoms with Crippen LogP contribution in [0.3, 0.4) is 0 Å². The van der Waals surface area contributed by atoms with E-state index in [1.165, 1.54) is 33.2 Å². The lowest BCUT2D eigenvalue weighted by molar-refractivity contribution is -0.142. The lowest BCUT2D eigenvalue weighted by atomic mass is 10.0. The van der Waals surface area contributed by atoms with Crippen molar-refractivity contribution < 1.29 is 46.9 Å². The summed E-state index contributed by atoms with van der Waals surface area (Å²) in [7, 11) is 0. The summed E-state index contributed by atoms with van der Waals surface area (Å²) in [6, 6.07) is 20.4. The van der Waals surface area contributed by atoms with Gasteiger partial charge in [0.2, 0.25) is 11.8 Å². The molecule has 6 aromatic rings. The molecular weight excluding hydrogens is 1010 g/mol. The predicted molar refractivity (Wildman–Crippen MR) is 279 cm³/mol. The van der Waals surface area contributed by atoms with E-state index in [1.807, 2.05) is 52.0 Å². The summed E-state index contributed by atoms with van der Waals surface area (Å²) in [5.74, 6) is 0.612. The molecule has 3 aromatic carbocycles. The van der Waals surface area contributed by atoms with Crippen molar-refractivity contribution in [2.45, 2.75) is 103 Å². The van der Waals surface area contributed by atoms with Crippen LogP contribution in [0.25, 0.3) is 10.4 Å². The number of likely N-dealkylation sites (tertiary alicyclic amines) is 1. The number of aromatic nitrogens is 4. The lowest BCUT2D eigenvalue weighted by Gasteiger charge is -2.30. The topological polar surface area (TPSA) is 188 Å². The van der Waals surface area contributed by atoms with Crippen LogP contribution in [0, 0.1) is 24.2 Å². The first-order chi connectivity index (χ1) is 35.7. The van der Waals surface area contributed by atoms with Gasteiger partial charge in [-0.15, -0.1) is 11.3 Å². The van der Waals surface area contributed by atoms with Gasteiger partial charge in [-0.3, -0.25) is 28.9 Å². The largest absolute Gasteiger partial charge is 0.494 e. The molecule has 2 saturated heterocycles. The van der Waals surface area contributed by atoms with E-state index in [9.17, 15) is 37.9 Å². The summed E-state index contributed by atoms with van der Waals surface area (Å²) < 4.78 is 60.9. The zero-order chi connectivity index (χ0) is 53.8. The smallest absolute Gasteiger partial charge is 0.417 e. The first-order valence-electron chi connectivity index (χ1n) is 24.4. The number of amides is 3. The maximum Gasteiger partial charge on any atom is 0.417 e. The summed E-state index contributed by atoms with van der Waals surface area (Å²) in [5, 5.41) is 27.4. The minimum atomic E-state index is -4.80. The highest BCUT2D eigenvalue weighted by Gasteiger charge is 2.51. The molecule has 2 N–H and O–H groups in total. The molecule has 75 heavy (non-hydrogen) atoms. The maximum atomic E-state index is 14.3. The number of nitriles is 1. The van der Waals surface area contributed by atoms with E-state index >= 15 is 0 Å². The van der Waals surface area contributed by atoms with E-state index in [0.29, 0.717) is 47.6 Å². The molecule has 2 aliphatic rings. The average molecular weight is 1060 g/mol. The Balaban J connectivity index is 0.787. The van der Waals surface area contributed by atoms with Crippen LogP contribution in [0.1, 0.15) is 94.9 Å². The molecule has 0 saturated carbocycles. The Morgan fingerprint density at radius 3 is 2.29 bits per heavy atom. The number of carbonyl (C=O) groups is 3. The van der Waals surface area contributed by atoms with Crippen LogP contribution in [0.4, 0.5) is 24.5 Å². The minimum absolute atomic E-state index is 0.000926. The lowest BCUT2D eigenvalue weighted by Crippen LogP contribution is -2.49. The van der Waals surface area contributed by atoms with Crippen molar-refractivity contribution in [1.29, 1.82) is 5.26 Å². The number of aliphatic hydroxyl groups excluding tert-OH is 1. The zero-order valence-electron chi connectivity index (χ0n) is 42.1. The highest BCUT2D eigenvalue weighted by molar-refractivity contribution is 7.81. The third kappa shape index (κ3) is 11.9. The fraction of sp³-hybridized carbons (Fsp3) is 0.370. The number of alkyl halides is 3. The molecule has 2 fully saturated rings. The van der Waals surface area contributed by atoms with Gasteiger partial charge in [0.05, 0.1) is 82.4 Å². The number of halogens is 3. The Labute approximate surface area is 441 Å². The molecular formula is C54H56F3N9O7S2. The number of rotatable bonds is 19. The van der Waals surface area contributed by atoms with E-state index in [1.54, 1.807) is 79.1 Å². The van der Waals surface area contributed by atoms with E-state index in [-0.39, 0.29) is 41.5 Å². The number of thiocarbonyl (C=S) groups is 1. The second-order valence-electron chi connectivity index (χ2n) is 19.2. The van der Waals surface area contributed by atoms with Crippen LogP contribution in [-0.2, 0) is 20.6 Å². The second-order valence-corrected chi connectivity index (χ2v) is 20.4. The Hall–Kier alpha value is -7.41. The van der Waals surface area contributed by atoms with Crippen molar-refractivity contribution >= 4 is 57.8 Å². The number of ether oxygens (including phenoxy) is 3. The molecule has 5 heterocycles. The summed E-state index contributed by atoms with van der Waals surface area (Å²) in [6.45, 7) is 11.7. The number of unbranched alkanes of at least 4 members (excludes halogenated alkanes) is 2. The highest BCUT2D eigenvalue weighted by Crippen LogP contribution is 2.40. The molecule has 16 nitrogen and oxygen atoms in total. The number of β-amino-alcohol motifs (C(OH)–C–C–N with tert-alkyl or cyclic N) is 1. The van der Waals surface area contributed by atoms with Gasteiger partial charge >= 0.3 is 6.18 Å². The Morgan fingerprint density at radius 2 is 1.64 bits per heavy atom. The molecule has 2 aliphatic heterocycles. The van der Waals surface area contributed by atoms with Crippen molar-refractivity contribution in [3.8, 4) is 39.5 Å².